The first-order valence-electron chi connectivity index (χ1n) is 8.65. The SMILES string of the molecule is COc1ccc(NC(=O)Cn2nnc(-c3ccc(Cl)cc3)n2)cc1S(=O)(=O)N(C)C. The van der Waals surface area contributed by atoms with Gasteiger partial charge in [0.05, 0.1) is 7.11 Å². The van der Waals surface area contributed by atoms with E-state index >= 15 is 0 Å². The highest BCUT2D eigenvalue weighted by Crippen LogP contribution is 2.28. The molecule has 0 spiro atoms. The van der Waals surface area contributed by atoms with Crippen LogP contribution in [0.5, 0.6) is 5.75 Å². The molecule has 0 radical (unpaired) electrons. The van der Waals surface area contributed by atoms with Crippen molar-refractivity contribution in [3.8, 4) is 17.1 Å². The number of amides is 1. The molecule has 0 saturated carbocycles. The van der Waals surface area contributed by atoms with Crippen molar-refractivity contribution in [3.05, 3.63) is 47.5 Å². The number of hydrogen-bond acceptors (Lipinski definition) is 7. The van der Waals surface area contributed by atoms with E-state index in [4.69, 9.17) is 16.3 Å². The lowest BCUT2D eigenvalue weighted by Gasteiger charge is -2.15. The zero-order valence-electron chi connectivity index (χ0n) is 16.4. The summed E-state index contributed by atoms with van der Waals surface area (Å²) >= 11 is 5.86. The Morgan fingerprint density at radius 2 is 1.90 bits per heavy atom. The van der Waals surface area contributed by atoms with E-state index in [1.54, 1.807) is 30.3 Å². The maximum absolute atomic E-state index is 12.5. The number of carbonyl (C=O) groups excluding carboxylic acids is 1. The second-order valence-corrected chi connectivity index (χ2v) is 8.91. The molecule has 10 nitrogen and oxygen atoms in total. The van der Waals surface area contributed by atoms with E-state index in [9.17, 15) is 13.2 Å². The fourth-order valence-electron chi connectivity index (χ4n) is 2.51. The Bertz CT molecular complexity index is 1160. The van der Waals surface area contributed by atoms with Gasteiger partial charge in [-0.3, -0.25) is 4.79 Å². The fourth-order valence-corrected chi connectivity index (χ4v) is 3.71. The highest BCUT2D eigenvalue weighted by Gasteiger charge is 2.23. The third-order valence-electron chi connectivity index (χ3n) is 4.05. The maximum atomic E-state index is 12.5. The van der Waals surface area contributed by atoms with E-state index in [0.29, 0.717) is 22.1 Å². The minimum Gasteiger partial charge on any atom is -0.495 e. The molecule has 1 aromatic heterocycles. The molecule has 158 valence electrons. The van der Waals surface area contributed by atoms with Gasteiger partial charge in [0.25, 0.3) is 0 Å². The van der Waals surface area contributed by atoms with Gasteiger partial charge in [0, 0.05) is 30.4 Å². The van der Waals surface area contributed by atoms with E-state index in [1.807, 2.05) is 0 Å². The summed E-state index contributed by atoms with van der Waals surface area (Å²) in [5, 5.41) is 15.2. The Morgan fingerprint density at radius 3 is 2.53 bits per heavy atom. The van der Waals surface area contributed by atoms with Crippen LogP contribution < -0.4 is 10.1 Å². The van der Waals surface area contributed by atoms with Crippen molar-refractivity contribution in [1.82, 2.24) is 24.5 Å². The van der Waals surface area contributed by atoms with Crippen LogP contribution in [0, 0.1) is 0 Å². The smallest absolute Gasteiger partial charge is 0.248 e. The Kier molecular flexibility index (Phi) is 6.34. The molecule has 1 N–H and O–H groups in total. The summed E-state index contributed by atoms with van der Waals surface area (Å²) in [5.41, 5.74) is 0.999. The fraction of sp³-hybridized carbons (Fsp3) is 0.222. The highest BCUT2D eigenvalue weighted by atomic mass is 35.5. The van der Waals surface area contributed by atoms with Gasteiger partial charge in [-0.2, -0.15) is 4.80 Å². The van der Waals surface area contributed by atoms with Crippen LogP contribution in [0.3, 0.4) is 0 Å². The van der Waals surface area contributed by atoms with E-state index in [0.717, 1.165) is 9.10 Å². The second kappa shape index (κ2) is 8.78. The number of nitrogens with one attached hydrogen (secondary N) is 1. The normalized spacial score (nSPS) is 11.5. The topological polar surface area (TPSA) is 119 Å². The van der Waals surface area contributed by atoms with Crippen molar-refractivity contribution in [1.29, 1.82) is 0 Å². The first kappa shape index (κ1) is 21.7. The van der Waals surface area contributed by atoms with Gasteiger partial charge in [0.1, 0.15) is 17.2 Å². The molecular weight excluding hydrogens is 432 g/mol. The molecule has 0 saturated heterocycles. The van der Waals surface area contributed by atoms with Gasteiger partial charge in [-0.05, 0) is 47.7 Å². The molecule has 30 heavy (non-hydrogen) atoms. The molecular formula is C18H19ClN6O4S. The summed E-state index contributed by atoms with van der Waals surface area (Å²) in [6, 6.07) is 11.2. The summed E-state index contributed by atoms with van der Waals surface area (Å²) in [4.78, 5) is 13.5. The summed E-state index contributed by atoms with van der Waals surface area (Å²) in [5.74, 6) is 0.0731. The monoisotopic (exact) mass is 450 g/mol. The lowest BCUT2D eigenvalue weighted by molar-refractivity contribution is -0.117. The van der Waals surface area contributed by atoms with Gasteiger partial charge in [-0.15, -0.1) is 10.2 Å². The summed E-state index contributed by atoms with van der Waals surface area (Å²) in [6.07, 6.45) is 0. The lowest BCUT2D eigenvalue weighted by Crippen LogP contribution is -2.24. The number of halogens is 1. The Balaban J connectivity index is 1.75. The first-order chi connectivity index (χ1) is 14.2. The number of aromatic nitrogens is 4. The highest BCUT2D eigenvalue weighted by molar-refractivity contribution is 7.89. The van der Waals surface area contributed by atoms with Gasteiger partial charge in [0.2, 0.25) is 21.8 Å². The van der Waals surface area contributed by atoms with Crippen molar-refractivity contribution in [3.63, 3.8) is 0 Å². The number of sulfonamides is 1. The molecule has 0 atom stereocenters. The van der Waals surface area contributed by atoms with Gasteiger partial charge < -0.3 is 10.1 Å². The van der Waals surface area contributed by atoms with Crippen LogP contribution >= 0.6 is 11.6 Å². The third kappa shape index (κ3) is 4.75. The number of carbonyl (C=O) groups is 1. The van der Waals surface area contributed by atoms with E-state index in [-0.39, 0.29) is 17.2 Å². The predicted octanol–water partition coefficient (Wildman–Crippen LogP) is 1.89. The van der Waals surface area contributed by atoms with E-state index in [1.165, 1.54) is 33.3 Å². The number of nitrogens with zero attached hydrogens (tertiary/aromatic N) is 5. The minimum atomic E-state index is -3.76. The zero-order valence-corrected chi connectivity index (χ0v) is 18.0. The molecule has 12 heteroatoms. The van der Waals surface area contributed by atoms with Crippen molar-refractivity contribution in [2.75, 3.05) is 26.5 Å². The standard InChI is InChI=1S/C18H19ClN6O4S/c1-24(2)30(27,28)16-10-14(8-9-15(16)29-3)20-17(26)11-25-22-18(21-23-25)12-4-6-13(19)7-5-12/h4-10H,11H2,1-3H3,(H,20,26). The molecule has 1 heterocycles. The van der Waals surface area contributed by atoms with E-state index < -0.39 is 15.9 Å². The Labute approximate surface area is 178 Å². The summed E-state index contributed by atoms with van der Waals surface area (Å²) in [7, 11) is 0.435. The van der Waals surface area contributed by atoms with Gasteiger partial charge in [-0.1, -0.05) is 11.6 Å². The maximum Gasteiger partial charge on any atom is 0.248 e. The minimum absolute atomic E-state index is 0.0586. The Morgan fingerprint density at radius 1 is 1.20 bits per heavy atom. The molecule has 0 bridgehead atoms. The average molecular weight is 451 g/mol. The van der Waals surface area contributed by atoms with Crippen LogP contribution in [-0.4, -0.2) is 60.0 Å². The third-order valence-corrected chi connectivity index (χ3v) is 6.13. The average Bonchev–Trinajstić information content (AvgIpc) is 3.16. The Hall–Kier alpha value is -3.02. The van der Waals surface area contributed by atoms with Crippen molar-refractivity contribution in [2.24, 2.45) is 0 Å². The van der Waals surface area contributed by atoms with Gasteiger partial charge in [0.15, 0.2) is 0 Å². The van der Waals surface area contributed by atoms with Crippen LogP contribution in [-0.2, 0) is 21.4 Å². The van der Waals surface area contributed by atoms with Crippen LogP contribution in [0.2, 0.25) is 5.02 Å². The predicted molar refractivity (Wildman–Crippen MR) is 111 cm³/mol. The van der Waals surface area contributed by atoms with E-state index in [2.05, 4.69) is 20.7 Å². The molecule has 0 fully saturated rings. The van der Waals surface area contributed by atoms with Crippen molar-refractivity contribution in [2.45, 2.75) is 11.4 Å². The van der Waals surface area contributed by atoms with Crippen LogP contribution in [0.25, 0.3) is 11.4 Å². The molecule has 0 aliphatic rings. The van der Waals surface area contributed by atoms with Crippen LogP contribution in [0.1, 0.15) is 0 Å². The molecule has 0 unspecified atom stereocenters. The molecule has 3 rings (SSSR count). The van der Waals surface area contributed by atoms with Crippen LogP contribution in [0.4, 0.5) is 5.69 Å². The quantitative estimate of drug-likeness (QED) is 0.583. The molecule has 0 aliphatic carbocycles. The number of anilines is 1. The van der Waals surface area contributed by atoms with Gasteiger partial charge in [-0.25, -0.2) is 12.7 Å². The molecule has 2 aromatic carbocycles. The zero-order chi connectivity index (χ0) is 21.9. The summed E-state index contributed by atoms with van der Waals surface area (Å²) < 4.78 is 31.2. The van der Waals surface area contributed by atoms with Crippen LogP contribution in [0.15, 0.2) is 47.4 Å². The first-order valence-corrected chi connectivity index (χ1v) is 10.5. The number of methoxy groups -OCH3 is 1. The summed E-state index contributed by atoms with van der Waals surface area (Å²) in [6.45, 7) is -0.206. The second-order valence-electron chi connectivity index (χ2n) is 6.35. The van der Waals surface area contributed by atoms with Gasteiger partial charge >= 0.3 is 0 Å². The number of tetrazole rings is 1. The number of rotatable bonds is 7. The lowest BCUT2D eigenvalue weighted by atomic mass is 10.2. The largest absolute Gasteiger partial charge is 0.495 e. The number of hydrogen-bond donors (Lipinski definition) is 1. The number of benzene rings is 2. The number of ether oxygens (including phenoxy) is 1. The molecule has 0 aliphatic heterocycles. The molecule has 1 amide bonds. The molecule has 3 aromatic rings. The van der Waals surface area contributed by atoms with Crippen molar-refractivity contribution < 1.29 is 17.9 Å². The van der Waals surface area contributed by atoms with Crippen molar-refractivity contribution >= 4 is 33.2 Å².